The average molecular weight is 167 g/mol. The second-order valence-corrected chi connectivity index (χ2v) is 4.09. The molecule has 0 aromatic heterocycles. The Balaban J connectivity index is 1.66. The van der Waals surface area contributed by atoms with Gasteiger partial charge in [-0.25, -0.2) is 0 Å². The van der Waals surface area contributed by atoms with E-state index in [1.165, 1.54) is 12.8 Å². The maximum Gasteiger partial charge on any atom is 0.138 e. The van der Waals surface area contributed by atoms with Crippen LogP contribution in [0.5, 0.6) is 0 Å². The van der Waals surface area contributed by atoms with E-state index in [0.717, 1.165) is 25.4 Å². The fraction of sp³-hybridized carbons (Fsp3) is 0.889. The Kier molecular flexibility index (Phi) is 1.35. The molecule has 1 saturated carbocycles. The SMILES string of the molecule is O=C[C@@H]1[C@H](C2CC2)N1C1COC1. The Labute approximate surface area is 71.7 Å². The number of hydrogen-bond donors (Lipinski definition) is 0. The summed E-state index contributed by atoms with van der Waals surface area (Å²) in [6.45, 7) is 1.68. The zero-order valence-corrected chi connectivity index (χ0v) is 6.98. The molecule has 0 radical (unpaired) electrons. The second kappa shape index (κ2) is 2.30. The standard InChI is InChI=1S/C9H13NO2/c11-3-8-9(6-1-2-6)10(8)7-4-12-5-7/h3,6-9H,1-2,4-5H2/t8-,9+,10?/m1/s1. The van der Waals surface area contributed by atoms with Gasteiger partial charge in [-0.05, 0) is 18.8 Å². The first-order chi connectivity index (χ1) is 5.92. The summed E-state index contributed by atoms with van der Waals surface area (Å²) in [5.74, 6) is 0.834. The molecule has 2 saturated heterocycles. The summed E-state index contributed by atoms with van der Waals surface area (Å²) in [5, 5.41) is 0. The molecule has 0 bridgehead atoms. The smallest absolute Gasteiger partial charge is 0.138 e. The number of hydrogen-bond acceptors (Lipinski definition) is 3. The Hall–Kier alpha value is -0.410. The van der Waals surface area contributed by atoms with E-state index in [4.69, 9.17) is 4.74 Å². The summed E-state index contributed by atoms with van der Waals surface area (Å²) in [4.78, 5) is 13.0. The van der Waals surface area contributed by atoms with Crippen LogP contribution < -0.4 is 0 Å². The van der Waals surface area contributed by atoms with E-state index in [-0.39, 0.29) is 6.04 Å². The molecular weight excluding hydrogens is 154 g/mol. The van der Waals surface area contributed by atoms with Crippen LogP contribution in [0, 0.1) is 5.92 Å². The summed E-state index contributed by atoms with van der Waals surface area (Å²) in [6, 6.07) is 1.40. The first-order valence-corrected chi connectivity index (χ1v) is 4.72. The van der Waals surface area contributed by atoms with Crippen molar-refractivity contribution < 1.29 is 9.53 Å². The topological polar surface area (TPSA) is 29.3 Å². The van der Waals surface area contributed by atoms with Crippen LogP contribution in [0.3, 0.4) is 0 Å². The van der Waals surface area contributed by atoms with Gasteiger partial charge in [-0.15, -0.1) is 0 Å². The zero-order chi connectivity index (χ0) is 8.13. The number of carbonyl (C=O) groups excluding carboxylic acids is 1. The lowest BCUT2D eigenvalue weighted by atomic mass is 10.2. The second-order valence-electron chi connectivity index (χ2n) is 4.09. The normalized spacial score (nSPS) is 46.8. The van der Waals surface area contributed by atoms with Gasteiger partial charge in [0.25, 0.3) is 0 Å². The monoisotopic (exact) mass is 167 g/mol. The minimum Gasteiger partial charge on any atom is -0.378 e. The molecule has 12 heavy (non-hydrogen) atoms. The molecule has 0 aromatic rings. The van der Waals surface area contributed by atoms with Gasteiger partial charge >= 0.3 is 0 Å². The highest BCUT2D eigenvalue weighted by molar-refractivity contribution is 5.64. The number of rotatable bonds is 3. The molecule has 3 atom stereocenters. The summed E-state index contributed by atoms with van der Waals surface area (Å²) >= 11 is 0. The van der Waals surface area contributed by atoms with Crippen LogP contribution in [0.4, 0.5) is 0 Å². The van der Waals surface area contributed by atoms with Crippen molar-refractivity contribution >= 4 is 6.29 Å². The fourth-order valence-corrected chi connectivity index (χ4v) is 2.28. The summed E-state index contributed by atoms with van der Waals surface area (Å²) in [7, 11) is 0. The molecule has 3 nitrogen and oxygen atoms in total. The van der Waals surface area contributed by atoms with Gasteiger partial charge in [0.2, 0.25) is 0 Å². The predicted octanol–water partition coefficient (Wildman–Crippen LogP) is 0.0469. The number of aldehydes is 1. The third kappa shape index (κ3) is 0.866. The molecule has 0 spiro atoms. The van der Waals surface area contributed by atoms with Crippen molar-refractivity contribution in [2.75, 3.05) is 13.2 Å². The molecule has 66 valence electrons. The van der Waals surface area contributed by atoms with Crippen molar-refractivity contribution in [1.29, 1.82) is 0 Å². The Morgan fingerprint density at radius 2 is 2.08 bits per heavy atom. The summed E-state index contributed by atoms with van der Waals surface area (Å²) < 4.78 is 5.12. The first kappa shape index (κ1) is 7.04. The molecular formula is C9H13NO2. The van der Waals surface area contributed by atoms with Crippen LogP contribution in [0.1, 0.15) is 12.8 Å². The van der Waals surface area contributed by atoms with Crippen molar-refractivity contribution in [2.24, 2.45) is 5.92 Å². The van der Waals surface area contributed by atoms with Crippen molar-refractivity contribution in [3.63, 3.8) is 0 Å². The molecule has 3 aliphatic rings. The molecule has 3 fully saturated rings. The average Bonchev–Trinajstić information content (AvgIpc) is 2.74. The third-order valence-electron chi connectivity index (χ3n) is 3.24. The number of nitrogens with zero attached hydrogens (tertiary/aromatic N) is 1. The number of carbonyl (C=O) groups is 1. The van der Waals surface area contributed by atoms with E-state index >= 15 is 0 Å². The van der Waals surface area contributed by atoms with E-state index in [1.807, 2.05) is 0 Å². The van der Waals surface area contributed by atoms with Crippen molar-refractivity contribution in [2.45, 2.75) is 31.0 Å². The maximum absolute atomic E-state index is 10.7. The quantitative estimate of drug-likeness (QED) is 0.439. The van der Waals surface area contributed by atoms with Crippen LogP contribution in [0.15, 0.2) is 0 Å². The van der Waals surface area contributed by atoms with Crippen molar-refractivity contribution in [3.8, 4) is 0 Å². The molecule has 0 amide bonds. The predicted molar refractivity (Wildman–Crippen MR) is 42.8 cm³/mol. The van der Waals surface area contributed by atoms with Crippen LogP contribution in [0.2, 0.25) is 0 Å². The van der Waals surface area contributed by atoms with Crippen LogP contribution in [-0.4, -0.2) is 42.5 Å². The number of ether oxygens (including phenoxy) is 1. The first-order valence-electron chi connectivity index (χ1n) is 4.72. The molecule has 3 rings (SSSR count). The minimum atomic E-state index is 0.242. The van der Waals surface area contributed by atoms with Gasteiger partial charge in [0.1, 0.15) is 6.29 Å². The Morgan fingerprint density at radius 3 is 2.50 bits per heavy atom. The third-order valence-corrected chi connectivity index (χ3v) is 3.24. The lowest BCUT2D eigenvalue weighted by molar-refractivity contribution is -0.109. The fourth-order valence-electron chi connectivity index (χ4n) is 2.28. The summed E-state index contributed by atoms with van der Waals surface area (Å²) in [5.41, 5.74) is 0. The highest BCUT2D eigenvalue weighted by Crippen LogP contribution is 2.47. The molecule has 2 heterocycles. The van der Waals surface area contributed by atoms with Crippen LogP contribution in [-0.2, 0) is 9.53 Å². The molecule has 1 unspecified atom stereocenters. The van der Waals surface area contributed by atoms with Gasteiger partial charge in [0.05, 0.1) is 25.3 Å². The Morgan fingerprint density at radius 1 is 1.33 bits per heavy atom. The summed E-state index contributed by atoms with van der Waals surface area (Å²) in [6.07, 6.45) is 3.78. The van der Waals surface area contributed by atoms with E-state index in [2.05, 4.69) is 4.90 Å². The van der Waals surface area contributed by atoms with Gasteiger partial charge in [0, 0.05) is 6.04 Å². The van der Waals surface area contributed by atoms with Gasteiger partial charge in [-0.3, -0.25) is 4.90 Å². The van der Waals surface area contributed by atoms with E-state index < -0.39 is 0 Å². The van der Waals surface area contributed by atoms with Crippen molar-refractivity contribution in [1.82, 2.24) is 4.90 Å². The minimum absolute atomic E-state index is 0.242. The molecule has 1 aliphatic carbocycles. The zero-order valence-electron chi connectivity index (χ0n) is 6.98. The molecule has 2 aliphatic heterocycles. The Bertz CT molecular complexity index is 211. The largest absolute Gasteiger partial charge is 0.378 e. The highest BCUT2D eigenvalue weighted by atomic mass is 16.5. The van der Waals surface area contributed by atoms with Crippen molar-refractivity contribution in [3.05, 3.63) is 0 Å². The van der Waals surface area contributed by atoms with Crippen LogP contribution >= 0.6 is 0 Å². The van der Waals surface area contributed by atoms with Gasteiger partial charge < -0.3 is 9.53 Å². The van der Waals surface area contributed by atoms with E-state index in [1.54, 1.807) is 0 Å². The van der Waals surface area contributed by atoms with Crippen LogP contribution in [0.25, 0.3) is 0 Å². The van der Waals surface area contributed by atoms with E-state index in [0.29, 0.717) is 12.1 Å². The lowest BCUT2D eigenvalue weighted by Gasteiger charge is -2.28. The van der Waals surface area contributed by atoms with E-state index in [9.17, 15) is 4.79 Å². The maximum atomic E-state index is 10.7. The van der Waals surface area contributed by atoms with Gasteiger partial charge in [-0.2, -0.15) is 0 Å². The van der Waals surface area contributed by atoms with Gasteiger partial charge in [-0.1, -0.05) is 0 Å². The van der Waals surface area contributed by atoms with Gasteiger partial charge in [0.15, 0.2) is 0 Å². The lowest BCUT2D eigenvalue weighted by Crippen LogP contribution is -2.41. The molecule has 0 aromatic carbocycles. The molecule has 0 N–H and O–H groups in total. The molecule has 3 heteroatoms. The highest BCUT2D eigenvalue weighted by Gasteiger charge is 2.58.